The predicted molar refractivity (Wildman–Crippen MR) is 74.7 cm³/mol. The van der Waals surface area contributed by atoms with Gasteiger partial charge in [-0.15, -0.1) is 0 Å². The minimum atomic E-state index is 0.0388. The third-order valence-corrected chi connectivity index (χ3v) is 2.91. The number of aromatic hydroxyl groups is 1. The highest BCUT2D eigenvalue weighted by atomic mass is 16.3. The van der Waals surface area contributed by atoms with Crippen molar-refractivity contribution >= 4 is 5.91 Å². The maximum Gasteiger partial charge on any atom is 0.220 e. The van der Waals surface area contributed by atoms with E-state index in [0.717, 1.165) is 11.1 Å². The summed E-state index contributed by atoms with van der Waals surface area (Å²) in [5, 5.41) is 12.1. The van der Waals surface area contributed by atoms with Gasteiger partial charge in [0.15, 0.2) is 0 Å². The van der Waals surface area contributed by atoms with Crippen molar-refractivity contribution in [1.29, 1.82) is 0 Å². The van der Waals surface area contributed by atoms with Crippen molar-refractivity contribution in [3.05, 3.63) is 65.7 Å². The average Bonchev–Trinajstić information content (AvgIpc) is 2.45. The number of phenolic OH excluding ortho intramolecular Hbond substituents is 1. The van der Waals surface area contributed by atoms with E-state index in [1.165, 1.54) is 0 Å². The number of benzene rings is 2. The van der Waals surface area contributed by atoms with Crippen LogP contribution in [0.3, 0.4) is 0 Å². The highest BCUT2D eigenvalue weighted by Gasteiger charge is 2.02. The molecule has 0 heterocycles. The van der Waals surface area contributed by atoms with Crippen LogP contribution in [-0.4, -0.2) is 11.0 Å². The summed E-state index contributed by atoms with van der Waals surface area (Å²) in [6.07, 6.45) is 1.14. The molecule has 2 aromatic rings. The topological polar surface area (TPSA) is 49.3 Å². The maximum absolute atomic E-state index is 11.7. The molecule has 2 aromatic carbocycles. The van der Waals surface area contributed by atoms with Gasteiger partial charge in [-0.05, 0) is 29.7 Å². The van der Waals surface area contributed by atoms with Gasteiger partial charge in [0.2, 0.25) is 5.91 Å². The monoisotopic (exact) mass is 255 g/mol. The lowest BCUT2D eigenvalue weighted by molar-refractivity contribution is -0.121. The number of amides is 1. The van der Waals surface area contributed by atoms with Crippen LogP contribution in [0.2, 0.25) is 0 Å². The third-order valence-electron chi connectivity index (χ3n) is 2.91. The summed E-state index contributed by atoms with van der Waals surface area (Å²) in [5.74, 6) is 0.286. The second-order valence-electron chi connectivity index (χ2n) is 4.43. The van der Waals surface area contributed by atoms with E-state index in [0.29, 0.717) is 19.4 Å². The van der Waals surface area contributed by atoms with Crippen LogP contribution >= 0.6 is 0 Å². The Morgan fingerprint density at radius 2 is 1.63 bits per heavy atom. The zero-order chi connectivity index (χ0) is 13.5. The fourth-order valence-electron chi connectivity index (χ4n) is 1.81. The quantitative estimate of drug-likeness (QED) is 0.863. The molecule has 0 saturated carbocycles. The molecule has 3 heteroatoms. The van der Waals surface area contributed by atoms with Gasteiger partial charge < -0.3 is 10.4 Å². The van der Waals surface area contributed by atoms with Crippen molar-refractivity contribution in [3.8, 4) is 5.75 Å². The van der Waals surface area contributed by atoms with Crippen LogP contribution in [0.1, 0.15) is 17.5 Å². The minimum Gasteiger partial charge on any atom is -0.508 e. The molecule has 19 heavy (non-hydrogen) atoms. The summed E-state index contributed by atoms with van der Waals surface area (Å²) >= 11 is 0. The first-order valence-corrected chi connectivity index (χ1v) is 6.32. The van der Waals surface area contributed by atoms with E-state index in [4.69, 9.17) is 5.11 Å². The third kappa shape index (κ3) is 4.47. The number of carbonyl (C=O) groups excluding carboxylic acids is 1. The standard InChI is InChI=1S/C16H17NO2/c18-15-9-6-13(7-10-15)8-11-16(19)17-12-14-4-2-1-3-5-14/h1-7,9-10,18H,8,11-12H2,(H,17,19). The van der Waals surface area contributed by atoms with Crippen LogP contribution < -0.4 is 5.32 Å². The van der Waals surface area contributed by atoms with Crippen LogP contribution in [0, 0.1) is 0 Å². The molecule has 2 rings (SSSR count). The van der Waals surface area contributed by atoms with E-state index < -0.39 is 0 Å². The molecular formula is C16H17NO2. The Kier molecular flexibility index (Phi) is 4.56. The number of rotatable bonds is 5. The zero-order valence-electron chi connectivity index (χ0n) is 10.7. The number of hydrogen-bond acceptors (Lipinski definition) is 2. The Morgan fingerprint density at radius 3 is 2.32 bits per heavy atom. The van der Waals surface area contributed by atoms with Crippen LogP contribution in [0.4, 0.5) is 0 Å². The van der Waals surface area contributed by atoms with Gasteiger partial charge in [-0.1, -0.05) is 42.5 Å². The van der Waals surface area contributed by atoms with Gasteiger partial charge in [-0.2, -0.15) is 0 Å². The van der Waals surface area contributed by atoms with E-state index >= 15 is 0 Å². The lowest BCUT2D eigenvalue weighted by Gasteiger charge is -2.05. The summed E-state index contributed by atoms with van der Waals surface area (Å²) in [6, 6.07) is 16.8. The lowest BCUT2D eigenvalue weighted by atomic mass is 10.1. The maximum atomic E-state index is 11.7. The highest BCUT2D eigenvalue weighted by Crippen LogP contribution is 2.11. The van der Waals surface area contributed by atoms with Crippen molar-refractivity contribution in [2.24, 2.45) is 0 Å². The molecule has 0 saturated heterocycles. The smallest absolute Gasteiger partial charge is 0.220 e. The van der Waals surface area contributed by atoms with E-state index in [1.54, 1.807) is 12.1 Å². The number of hydrogen-bond donors (Lipinski definition) is 2. The normalized spacial score (nSPS) is 10.1. The van der Waals surface area contributed by atoms with Gasteiger partial charge in [0.25, 0.3) is 0 Å². The number of aryl methyl sites for hydroxylation is 1. The van der Waals surface area contributed by atoms with Gasteiger partial charge in [-0.3, -0.25) is 4.79 Å². The molecule has 98 valence electrons. The molecule has 0 aliphatic carbocycles. The molecule has 0 aromatic heterocycles. The van der Waals surface area contributed by atoms with E-state index in [9.17, 15) is 4.79 Å². The molecule has 0 bridgehead atoms. The highest BCUT2D eigenvalue weighted by molar-refractivity contribution is 5.76. The molecule has 0 unspecified atom stereocenters. The van der Waals surface area contributed by atoms with Crippen molar-refractivity contribution < 1.29 is 9.90 Å². The van der Waals surface area contributed by atoms with Gasteiger partial charge >= 0.3 is 0 Å². The van der Waals surface area contributed by atoms with Crippen molar-refractivity contribution in [3.63, 3.8) is 0 Å². The molecule has 2 N–H and O–H groups in total. The second-order valence-corrected chi connectivity index (χ2v) is 4.43. The fourth-order valence-corrected chi connectivity index (χ4v) is 1.81. The molecule has 0 radical (unpaired) electrons. The van der Waals surface area contributed by atoms with Gasteiger partial charge in [-0.25, -0.2) is 0 Å². The van der Waals surface area contributed by atoms with E-state index in [-0.39, 0.29) is 11.7 Å². The molecule has 0 aliphatic heterocycles. The molecule has 1 amide bonds. The number of phenols is 1. The molecular weight excluding hydrogens is 238 g/mol. The van der Waals surface area contributed by atoms with Crippen LogP contribution in [0.5, 0.6) is 5.75 Å². The Bertz CT molecular complexity index is 520. The Balaban J connectivity index is 1.74. The average molecular weight is 255 g/mol. The van der Waals surface area contributed by atoms with Gasteiger partial charge in [0.05, 0.1) is 0 Å². The first-order valence-electron chi connectivity index (χ1n) is 6.32. The van der Waals surface area contributed by atoms with Gasteiger partial charge in [0.1, 0.15) is 5.75 Å². The molecule has 0 aliphatic rings. The zero-order valence-corrected chi connectivity index (χ0v) is 10.7. The van der Waals surface area contributed by atoms with Crippen molar-refractivity contribution in [1.82, 2.24) is 5.32 Å². The predicted octanol–water partition coefficient (Wildman–Crippen LogP) is 2.64. The van der Waals surface area contributed by atoms with Crippen LogP contribution in [0.15, 0.2) is 54.6 Å². The van der Waals surface area contributed by atoms with Crippen LogP contribution in [0.25, 0.3) is 0 Å². The second kappa shape index (κ2) is 6.59. The van der Waals surface area contributed by atoms with E-state index in [2.05, 4.69) is 5.32 Å². The Hall–Kier alpha value is -2.29. The van der Waals surface area contributed by atoms with Crippen molar-refractivity contribution in [2.45, 2.75) is 19.4 Å². The largest absolute Gasteiger partial charge is 0.508 e. The summed E-state index contributed by atoms with van der Waals surface area (Å²) in [6.45, 7) is 0.565. The van der Waals surface area contributed by atoms with Gasteiger partial charge in [0, 0.05) is 13.0 Å². The SMILES string of the molecule is O=C(CCc1ccc(O)cc1)NCc1ccccc1. The molecule has 3 nitrogen and oxygen atoms in total. The number of carbonyl (C=O) groups is 1. The summed E-state index contributed by atoms with van der Waals surface area (Å²) < 4.78 is 0. The summed E-state index contributed by atoms with van der Waals surface area (Å²) in [7, 11) is 0. The van der Waals surface area contributed by atoms with Crippen LogP contribution in [-0.2, 0) is 17.8 Å². The lowest BCUT2D eigenvalue weighted by Crippen LogP contribution is -2.22. The number of nitrogens with one attached hydrogen (secondary N) is 1. The Morgan fingerprint density at radius 1 is 0.947 bits per heavy atom. The van der Waals surface area contributed by atoms with Crippen molar-refractivity contribution in [2.75, 3.05) is 0 Å². The van der Waals surface area contributed by atoms with E-state index in [1.807, 2.05) is 42.5 Å². The first-order chi connectivity index (χ1) is 9.24. The molecule has 0 fully saturated rings. The molecule has 0 spiro atoms. The minimum absolute atomic E-state index is 0.0388. The summed E-state index contributed by atoms with van der Waals surface area (Å²) in [5.41, 5.74) is 2.15. The summed E-state index contributed by atoms with van der Waals surface area (Å²) in [4.78, 5) is 11.7. The Labute approximate surface area is 112 Å². The first kappa shape index (κ1) is 13.1. The fraction of sp³-hybridized carbons (Fsp3) is 0.188. The molecule has 0 atom stereocenters.